The molecule has 3 amide bonds. The lowest BCUT2D eigenvalue weighted by atomic mass is 10.5. The average molecular weight is 217 g/mol. The first-order valence-corrected chi connectivity index (χ1v) is 4.49. The van der Waals surface area contributed by atoms with E-state index in [-0.39, 0.29) is 32.1 Å². The molecule has 0 bridgehead atoms. The average Bonchev–Trinajstić information content (AvgIpc) is 2.20. The standard InChI is InChI=1S/C8H15N3O4/c1-6(13)9-2-3-10-7(14)8(15)11-4-5-12/h12H,2-5H2,1H3,(H,9,13)(H,10,14)(H,11,15). The summed E-state index contributed by atoms with van der Waals surface area (Å²) in [5.41, 5.74) is 0. The number of hydrogen-bond acceptors (Lipinski definition) is 4. The number of aliphatic hydroxyl groups excluding tert-OH is 1. The highest BCUT2D eigenvalue weighted by Crippen LogP contribution is 1.69. The van der Waals surface area contributed by atoms with Crippen molar-refractivity contribution in [1.82, 2.24) is 16.0 Å². The van der Waals surface area contributed by atoms with E-state index in [4.69, 9.17) is 5.11 Å². The zero-order valence-electron chi connectivity index (χ0n) is 8.50. The summed E-state index contributed by atoms with van der Waals surface area (Å²) in [4.78, 5) is 32.3. The second kappa shape index (κ2) is 7.74. The van der Waals surface area contributed by atoms with Crippen molar-refractivity contribution >= 4 is 17.7 Å². The molecule has 15 heavy (non-hydrogen) atoms. The van der Waals surface area contributed by atoms with Crippen molar-refractivity contribution in [2.75, 3.05) is 26.2 Å². The van der Waals surface area contributed by atoms with Crippen LogP contribution in [0.3, 0.4) is 0 Å². The van der Waals surface area contributed by atoms with Gasteiger partial charge in [0.15, 0.2) is 0 Å². The molecule has 0 saturated carbocycles. The fourth-order valence-electron chi connectivity index (χ4n) is 0.745. The molecule has 7 nitrogen and oxygen atoms in total. The molecule has 0 aliphatic carbocycles. The summed E-state index contributed by atoms with van der Waals surface area (Å²) in [6, 6.07) is 0. The number of nitrogens with one attached hydrogen (secondary N) is 3. The maximum absolute atomic E-state index is 11.0. The molecule has 0 aliphatic heterocycles. The molecule has 0 saturated heterocycles. The molecule has 4 N–H and O–H groups in total. The highest BCUT2D eigenvalue weighted by atomic mass is 16.3. The van der Waals surface area contributed by atoms with Crippen LogP contribution in [0.4, 0.5) is 0 Å². The Morgan fingerprint density at radius 1 is 0.933 bits per heavy atom. The zero-order valence-corrected chi connectivity index (χ0v) is 8.50. The monoisotopic (exact) mass is 217 g/mol. The van der Waals surface area contributed by atoms with E-state index in [1.54, 1.807) is 0 Å². The number of hydrogen-bond donors (Lipinski definition) is 4. The van der Waals surface area contributed by atoms with Gasteiger partial charge in [-0.25, -0.2) is 0 Å². The van der Waals surface area contributed by atoms with Crippen LogP contribution >= 0.6 is 0 Å². The van der Waals surface area contributed by atoms with Gasteiger partial charge in [0.1, 0.15) is 0 Å². The molecule has 0 spiro atoms. The Balaban J connectivity index is 3.55. The van der Waals surface area contributed by atoms with Crippen LogP contribution in [0.25, 0.3) is 0 Å². The molecule has 0 radical (unpaired) electrons. The number of carbonyl (C=O) groups is 3. The Kier molecular flexibility index (Phi) is 6.90. The summed E-state index contributed by atoms with van der Waals surface area (Å²) in [6.07, 6.45) is 0. The molecule has 0 heterocycles. The van der Waals surface area contributed by atoms with Crippen LogP contribution < -0.4 is 16.0 Å². The van der Waals surface area contributed by atoms with E-state index in [0.29, 0.717) is 0 Å². The van der Waals surface area contributed by atoms with Gasteiger partial charge in [-0.3, -0.25) is 14.4 Å². The Labute approximate surface area is 87.2 Å². The Morgan fingerprint density at radius 2 is 1.40 bits per heavy atom. The van der Waals surface area contributed by atoms with Crippen LogP contribution in [0, 0.1) is 0 Å². The quantitative estimate of drug-likeness (QED) is 0.298. The van der Waals surface area contributed by atoms with Gasteiger partial charge in [-0.2, -0.15) is 0 Å². The van der Waals surface area contributed by atoms with Gasteiger partial charge in [-0.15, -0.1) is 0 Å². The largest absolute Gasteiger partial charge is 0.395 e. The van der Waals surface area contributed by atoms with Gasteiger partial charge in [0.05, 0.1) is 6.61 Å². The van der Waals surface area contributed by atoms with Crippen molar-refractivity contribution in [3.05, 3.63) is 0 Å². The topological polar surface area (TPSA) is 108 Å². The van der Waals surface area contributed by atoms with Gasteiger partial charge < -0.3 is 21.1 Å². The third kappa shape index (κ3) is 7.44. The highest BCUT2D eigenvalue weighted by Gasteiger charge is 2.10. The SMILES string of the molecule is CC(=O)NCCNC(=O)C(=O)NCCO. The minimum atomic E-state index is -0.799. The predicted octanol–water partition coefficient (Wildman–Crippen LogP) is -2.65. The second-order valence-corrected chi connectivity index (χ2v) is 2.72. The normalized spacial score (nSPS) is 9.20. The molecular formula is C8H15N3O4. The van der Waals surface area contributed by atoms with Gasteiger partial charge in [-0.1, -0.05) is 0 Å². The van der Waals surface area contributed by atoms with Crippen molar-refractivity contribution in [2.45, 2.75) is 6.92 Å². The van der Waals surface area contributed by atoms with E-state index < -0.39 is 11.8 Å². The predicted molar refractivity (Wildman–Crippen MR) is 51.8 cm³/mol. The van der Waals surface area contributed by atoms with Crippen molar-refractivity contribution in [2.24, 2.45) is 0 Å². The Bertz CT molecular complexity index is 242. The van der Waals surface area contributed by atoms with Crippen molar-refractivity contribution in [3.63, 3.8) is 0 Å². The molecule has 7 heteroatoms. The van der Waals surface area contributed by atoms with Crippen LogP contribution in [0.1, 0.15) is 6.92 Å². The molecule has 0 unspecified atom stereocenters. The molecular weight excluding hydrogens is 202 g/mol. The lowest BCUT2D eigenvalue weighted by molar-refractivity contribution is -0.139. The van der Waals surface area contributed by atoms with Crippen molar-refractivity contribution in [1.29, 1.82) is 0 Å². The summed E-state index contributed by atoms with van der Waals surface area (Å²) < 4.78 is 0. The molecule has 0 aromatic heterocycles. The third-order valence-electron chi connectivity index (χ3n) is 1.39. The van der Waals surface area contributed by atoms with Crippen LogP contribution in [-0.4, -0.2) is 49.1 Å². The third-order valence-corrected chi connectivity index (χ3v) is 1.39. The minimum Gasteiger partial charge on any atom is -0.395 e. The summed E-state index contributed by atoms with van der Waals surface area (Å²) in [7, 11) is 0. The lowest BCUT2D eigenvalue weighted by Gasteiger charge is -2.05. The number of rotatable bonds is 5. The van der Waals surface area contributed by atoms with Crippen LogP contribution in [0.15, 0.2) is 0 Å². The molecule has 0 fully saturated rings. The van der Waals surface area contributed by atoms with Gasteiger partial charge in [0, 0.05) is 26.6 Å². The second-order valence-electron chi connectivity index (χ2n) is 2.72. The fraction of sp³-hybridized carbons (Fsp3) is 0.625. The number of aliphatic hydroxyl groups is 1. The van der Waals surface area contributed by atoms with Gasteiger partial charge in [0.2, 0.25) is 5.91 Å². The highest BCUT2D eigenvalue weighted by molar-refractivity contribution is 6.35. The lowest BCUT2D eigenvalue weighted by Crippen LogP contribution is -2.43. The van der Waals surface area contributed by atoms with Gasteiger partial charge >= 0.3 is 11.8 Å². The fourth-order valence-corrected chi connectivity index (χ4v) is 0.745. The van der Waals surface area contributed by atoms with Crippen LogP contribution in [0.5, 0.6) is 0 Å². The van der Waals surface area contributed by atoms with E-state index >= 15 is 0 Å². The van der Waals surface area contributed by atoms with Crippen LogP contribution in [0.2, 0.25) is 0 Å². The van der Waals surface area contributed by atoms with E-state index in [9.17, 15) is 14.4 Å². The molecule has 0 aromatic carbocycles. The number of amides is 3. The van der Waals surface area contributed by atoms with Gasteiger partial charge in [-0.05, 0) is 0 Å². The summed E-state index contributed by atoms with van der Waals surface area (Å²) in [6.45, 7) is 1.64. The van der Waals surface area contributed by atoms with E-state index in [2.05, 4.69) is 16.0 Å². The van der Waals surface area contributed by atoms with Crippen molar-refractivity contribution in [3.8, 4) is 0 Å². The van der Waals surface area contributed by atoms with E-state index in [1.807, 2.05) is 0 Å². The molecule has 0 rings (SSSR count). The smallest absolute Gasteiger partial charge is 0.309 e. The zero-order chi connectivity index (χ0) is 11.7. The molecule has 0 atom stereocenters. The van der Waals surface area contributed by atoms with Crippen LogP contribution in [-0.2, 0) is 14.4 Å². The maximum Gasteiger partial charge on any atom is 0.309 e. The summed E-state index contributed by atoms with van der Waals surface area (Å²) >= 11 is 0. The Hall–Kier alpha value is -1.63. The van der Waals surface area contributed by atoms with Gasteiger partial charge in [0.25, 0.3) is 0 Å². The Morgan fingerprint density at radius 3 is 1.87 bits per heavy atom. The first-order valence-electron chi connectivity index (χ1n) is 4.49. The summed E-state index contributed by atoms with van der Waals surface area (Å²) in [5.74, 6) is -1.78. The molecule has 86 valence electrons. The molecule has 0 aliphatic rings. The summed E-state index contributed by atoms with van der Waals surface area (Å²) in [5, 5.41) is 15.3. The van der Waals surface area contributed by atoms with E-state index in [1.165, 1.54) is 6.92 Å². The first kappa shape index (κ1) is 13.4. The molecule has 0 aromatic rings. The maximum atomic E-state index is 11.0. The van der Waals surface area contributed by atoms with E-state index in [0.717, 1.165) is 0 Å². The number of carbonyl (C=O) groups excluding carboxylic acids is 3. The first-order chi connectivity index (χ1) is 7.07. The van der Waals surface area contributed by atoms with Crippen molar-refractivity contribution < 1.29 is 19.5 Å². The minimum absolute atomic E-state index is 0.0396.